The molecular weight excluding hydrogens is 226 g/mol. The number of amides is 1. The van der Waals surface area contributed by atoms with Gasteiger partial charge in [-0.2, -0.15) is 0 Å². The van der Waals surface area contributed by atoms with Crippen molar-refractivity contribution in [2.45, 2.75) is 26.3 Å². The summed E-state index contributed by atoms with van der Waals surface area (Å²) in [7, 11) is 0. The monoisotopic (exact) mass is 243 g/mol. The predicted molar refractivity (Wildman–Crippen MR) is 63.9 cm³/mol. The maximum atomic E-state index is 11.7. The van der Waals surface area contributed by atoms with Crippen LogP contribution < -0.4 is 5.32 Å². The van der Waals surface area contributed by atoms with Gasteiger partial charge in [0, 0.05) is 4.88 Å². The zero-order valence-electron chi connectivity index (χ0n) is 9.49. The molecule has 0 atom stereocenters. The predicted octanol–water partition coefficient (Wildman–Crippen LogP) is 0.702. The first-order chi connectivity index (χ1) is 7.62. The van der Waals surface area contributed by atoms with Gasteiger partial charge >= 0.3 is 0 Å². The van der Waals surface area contributed by atoms with Crippen LogP contribution in [0.25, 0.3) is 0 Å². The summed E-state index contributed by atoms with van der Waals surface area (Å²) in [6.45, 7) is 3.51. The molecule has 0 aliphatic carbocycles. The third-order valence-electron chi connectivity index (χ3n) is 2.40. The second kappa shape index (κ2) is 5.98. The molecule has 0 aliphatic heterocycles. The Bertz CT molecular complexity index is 358. The Morgan fingerprint density at radius 1 is 1.50 bits per heavy atom. The molecule has 16 heavy (non-hydrogen) atoms. The lowest BCUT2D eigenvalue weighted by molar-refractivity contribution is 0.0883. The van der Waals surface area contributed by atoms with Crippen molar-refractivity contribution in [3.8, 4) is 0 Å². The molecule has 0 spiro atoms. The van der Waals surface area contributed by atoms with E-state index in [0.29, 0.717) is 4.88 Å². The molecule has 1 heterocycles. The molecule has 0 unspecified atom stereocenters. The molecule has 4 nitrogen and oxygen atoms in total. The van der Waals surface area contributed by atoms with E-state index in [4.69, 9.17) is 10.2 Å². The molecule has 0 radical (unpaired) electrons. The van der Waals surface area contributed by atoms with Crippen molar-refractivity contribution in [1.29, 1.82) is 0 Å². The van der Waals surface area contributed by atoms with E-state index in [2.05, 4.69) is 5.32 Å². The fraction of sp³-hybridized carbons (Fsp3) is 0.545. The number of hydrogen-bond acceptors (Lipinski definition) is 4. The number of aliphatic hydroxyl groups excluding tert-OH is 2. The van der Waals surface area contributed by atoms with Crippen molar-refractivity contribution in [2.24, 2.45) is 0 Å². The van der Waals surface area contributed by atoms with Crippen LogP contribution in [0.3, 0.4) is 0 Å². The van der Waals surface area contributed by atoms with Gasteiger partial charge in [0.05, 0.1) is 24.1 Å². The number of carbonyl (C=O) groups is 1. The molecule has 0 saturated heterocycles. The number of carbonyl (C=O) groups excluding carboxylic acids is 1. The number of nitrogens with one attached hydrogen (secondary N) is 1. The second-order valence-electron chi connectivity index (χ2n) is 3.58. The summed E-state index contributed by atoms with van der Waals surface area (Å²) in [5, 5.41) is 20.3. The van der Waals surface area contributed by atoms with Gasteiger partial charge in [-0.15, -0.1) is 11.3 Å². The van der Waals surface area contributed by atoms with E-state index in [0.717, 1.165) is 11.3 Å². The summed E-state index contributed by atoms with van der Waals surface area (Å²) >= 11 is 1.43. The summed E-state index contributed by atoms with van der Waals surface area (Å²) in [4.78, 5) is 13.5. The lowest BCUT2D eigenvalue weighted by Crippen LogP contribution is -2.39. The van der Waals surface area contributed by atoms with Crippen LogP contribution in [0.1, 0.15) is 27.0 Å². The van der Waals surface area contributed by atoms with Crippen molar-refractivity contribution in [3.05, 3.63) is 21.4 Å². The minimum atomic E-state index is -0.583. The Hall–Kier alpha value is -0.910. The fourth-order valence-corrected chi connectivity index (χ4v) is 2.41. The molecule has 1 aromatic heterocycles. The fourth-order valence-electron chi connectivity index (χ4n) is 1.39. The topological polar surface area (TPSA) is 69.6 Å². The standard InChI is InChI=1S/C11H17NO3S/c1-3-8-4-10(16-7(8)2)11(15)12-9(5-13)6-14/h4,9,13-14H,3,5-6H2,1-2H3,(H,12,15). The van der Waals surface area contributed by atoms with Gasteiger partial charge in [-0.1, -0.05) is 6.92 Å². The molecule has 0 fully saturated rings. The van der Waals surface area contributed by atoms with Crippen LogP contribution in [0.4, 0.5) is 0 Å². The maximum absolute atomic E-state index is 11.7. The first-order valence-electron chi connectivity index (χ1n) is 5.24. The van der Waals surface area contributed by atoms with Crippen LogP contribution >= 0.6 is 11.3 Å². The number of thiophene rings is 1. The van der Waals surface area contributed by atoms with Gasteiger partial charge in [0.15, 0.2) is 0 Å². The molecule has 0 bridgehead atoms. The van der Waals surface area contributed by atoms with Gasteiger partial charge in [0.1, 0.15) is 0 Å². The smallest absolute Gasteiger partial charge is 0.261 e. The Balaban J connectivity index is 2.72. The van der Waals surface area contributed by atoms with Crippen molar-refractivity contribution in [3.63, 3.8) is 0 Å². The first-order valence-corrected chi connectivity index (χ1v) is 6.05. The van der Waals surface area contributed by atoms with Gasteiger partial charge in [-0.05, 0) is 25.0 Å². The van der Waals surface area contributed by atoms with Crippen LogP contribution in [0.5, 0.6) is 0 Å². The highest BCUT2D eigenvalue weighted by molar-refractivity contribution is 7.14. The average Bonchev–Trinajstić information content (AvgIpc) is 2.67. The average molecular weight is 243 g/mol. The summed E-state index contributed by atoms with van der Waals surface area (Å²) in [5.41, 5.74) is 1.17. The lowest BCUT2D eigenvalue weighted by atomic mass is 10.2. The highest BCUT2D eigenvalue weighted by Crippen LogP contribution is 2.21. The lowest BCUT2D eigenvalue weighted by Gasteiger charge is -2.11. The van der Waals surface area contributed by atoms with Gasteiger partial charge < -0.3 is 15.5 Å². The summed E-state index contributed by atoms with van der Waals surface area (Å²) in [6.07, 6.45) is 0.902. The van der Waals surface area contributed by atoms with Crippen molar-refractivity contribution in [1.82, 2.24) is 5.32 Å². The van der Waals surface area contributed by atoms with Crippen LogP contribution in [0.15, 0.2) is 6.07 Å². The molecular formula is C11H17NO3S. The van der Waals surface area contributed by atoms with Gasteiger partial charge in [0.25, 0.3) is 5.91 Å². The Morgan fingerprint density at radius 3 is 2.56 bits per heavy atom. The highest BCUT2D eigenvalue weighted by Gasteiger charge is 2.15. The Labute approximate surface area is 98.9 Å². The number of aliphatic hydroxyl groups is 2. The number of aryl methyl sites for hydroxylation is 2. The third-order valence-corrected chi connectivity index (χ3v) is 3.49. The molecule has 0 aliphatic rings. The molecule has 1 aromatic rings. The van der Waals surface area contributed by atoms with E-state index in [-0.39, 0.29) is 19.1 Å². The molecule has 3 N–H and O–H groups in total. The SMILES string of the molecule is CCc1cc(C(=O)NC(CO)CO)sc1C. The largest absolute Gasteiger partial charge is 0.394 e. The number of hydrogen-bond donors (Lipinski definition) is 3. The molecule has 1 amide bonds. The highest BCUT2D eigenvalue weighted by atomic mass is 32.1. The van der Waals surface area contributed by atoms with E-state index in [1.807, 2.05) is 19.9 Å². The molecule has 1 rings (SSSR count). The van der Waals surface area contributed by atoms with E-state index in [1.54, 1.807) is 0 Å². The normalized spacial score (nSPS) is 10.8. The summed E-state index contributed by atoms with van der Waals surface area (Å²) < 4.78 is 0. The molecule has 0 aromatic carbocycles. The van der Waals surface area contributed by atoms with Crippen LogP contribution in [0.2, 0.25) is 0 Å². The van der Waals surface area contributed by atoms with E-state index in [1.165, 1.54) is 16.9 Å². The summed E-state index contributed by atoms with van der Waals surface area (Å²) in [6, 6.07) is 1.28. The Kier molecular flexibility index (Phi) is 4.92. The minimum Gasteiger partial charge on any atom is -0.394 e. The van der Waals surface area contributed by atoms with Crippen molar-refractivity contribution >= 4 is 17.2 Å². The van der Waals surface area contributed by atoms with Gasteiger partial charge in [-0.25, -0.2) is 0 Å². The van der Waals surface area contributed by atoms with Crippen molar-refractivity contribution in [2.75, 3.05) is 13.2 Å². The number of rotatable bonds is 5. The molecule has 0 saturated carbocycles. The third kappa shape index (κ3) is 3.04. The zero-order chi connectivity index (χ0) is 12.1. The zero-order valence-corrected chi connectivity index (χ0v) is 10.3. The quantitative estimate of drug-likeness (QED) is 0.713. The summed E-state index contributed by atoms with van der Waals surface area (Å²) in [5.74, 6) is -0.235. The first kappa shape index (κ1) is 13.2. The Morgan fingerprint density at radius 2 is 2.12 bits per heavy atom. The van der Waals surface area contributed by atoms with E-state index in [9.17, 15) is 4.79 Å². The van der Waals surface area contributed by atoms with E-state index < -0.39 is 6.04 Å². The van der Waals surface area contributed by atoms with Crippen molar-refractivity contribution < 1.29 is 15.0 Å². The van der Waals surface area contributed by atoms with Crippen LogP contribution in [-0.4, -0.2) is 35.4 Å². The van der Waals surface area contributed by atoms with E-state index >= 15 is 0 Å². The maximum Gasteiger partial charge on any atom is 0.261 e. The molecule has 90 valence electrons. The van der Waals surface area contributed by atoms with Crippen LogP contribution in [0, 0.1) is 6.92 Å². The van der Waals surface area contributed by atoms with Gasteiger partial charge in [0.2, 0.25) is 0 Å². The van der Waals surface area contributed by atoms with Gasteiger partial charge in [-0.3, -0.25) is 4.79 Å². The second-order valence-corrected chi connectivity index (χ2v) is 4.84. The minimum absolute atomic E-state index is 0.235. The molecule has 5 heteroatoms. The van der Waals surface area contributed by atoms with Crippen LogP contribution in [-0.2, 0) is 6.42 Å².